The molecule has 1 atom stereocenters. The van der Waals surface area contributed by atoms with Crippen molar-refractivity contribution in [1.29, 1.82) is 0 Å². The maximum atomic E-state index is 10.2. The highest BCUT2D eigenvalue weighted by Gasteiger charge is 2.36. The zero-order valence-electron chi connectivity index (χ0n) is 14.9. The van der Waals surface area contributed by atoms with Gasteiger partial charge in [0.25, 0.3) is 0 Å². The van der Waals surface area contributed by atoms with Crippen molar-refractivity contribution < 1.29 is 9.59 Å². The van der Waals surface area contributed by atoms with Gasteiger partial charge in [-0.3, -0.25) is 0 Å². The van der Waals surface area contributed by atoms with Crippen LogP contribution < -0.4 is 0 Å². The molecule has 1 unspecified atom stereocenters. The minimum atomic E-state index is 0.228. The van der Waals surface area contributed by atoms with Gasteiger partial charge in [0.1, 0.15) is 6.04 Å². The number of hydrogen-bond donors (Lipinski definition) is 1. The topological polar surface area (TPSA) is 20.2 Å². The van der Waals surface area contributed by atoms with E-state index >= 15 is 0 Å². The van der Waals surface area contributed by atoms with Gasteiger partial charge in [-0.15, -0.1) is 0 Å². The van der Waals surface area contributed by atoms with Crippen LogP contribution in [0, 0.1) is 0 Å². The highest BCUT2D eigenvalue weighted by atomic mass is 16.3. The fourth-order valence-electron chi connectivity index (χ4n) is 3.49. The molecule has 0 aliphatic carbocycles. The molecule has 0 fully saturated rings. The first-order chi connectivity index (χ1) is 10.7. The van der Waals surface area contributed by atoms with E-state index in [-0.39, 0.29) is 12.6 Å². The predicted octanol–water partition coefficient (Wildman–Crippen LogP) is 4.94. The van der Waals surface area contributed by atoms with Gasteiger partial charge in [0.15, 0.2) is 0 Å². The van der Waals surface area contributed by atoms with E-state index in [0.29, 0.717) is 0 Å². The van der Waals surface area contributed by atoms with Crippen molar-refractivity contribution in [2.75, 3.05) is 26.2 Å². The molecule has 0 aliphatic heterocycles. The standard InChI is InChI=1S/C20H36NO/c1-4-7-15-21(16-8-5-2,17-9-6-3)20(18-22)19-13-11-10-12-14-19/h10-14,20,22H,4-9,15-18H2,1-3H3/q+1. The Bertz CT molecular complexity index is 355. The molecule has 1 aromatic rings. The molecule has 2 heteroatoms. The third-order valence-electron chi connectivity index (χ3n) is 4.89. The average Bonchev–Trinajstić information content (AvgIpc) is 2.57. The number of rotatable bonds is 12. The lowest BCUT2D eigenvalue weighted by atomic mass is 10.00. The molecule has 2 nitrogen and oxygen atoms in total. The largest absolute Gasteiger partial charge is 0.390 e. The maximum absolute atomic E-state index is 10.2. The minimum Gasteiger partial charge on any atom is -0.390 e. The fraction of sp³-hybridized carbons (Fsp3) is 0.700. The number of hydrogen-bond acceptors (Lipinski definition) is 1. The van der Waals surface area contributed by atoms with E-state index in [1.807, 2.05) is 0 Å². The first-order valence-electron chi connectivity index (χ1n) is 9.25. The van der Waals surface area contributed by atoms with Crippen molar-refractivity contribution in [3.63, 3.8) is 0 Å². The van der Waals surface area contributed by atoms with E-state index in [0.717, 1.165) is 4.48 Å². The second kappa shape index (κ2) is 10.8. The summed E-state index contributed by atoms with van der Waals surface area (Å²) in [5.74, 6) is 0. The zero-order valence-corrected chi connectivity index (χ0v) is 14.9. The number of unbranched alkanes of at least 4 members (excludes halogenated alkanes) is 3. The summed E-state index contributed by atoms with van der Waals surface area (Å²) < 4.78 is 1.07. The van der Waals surface area contributed by atoms with E-state index in [2.05, 4.69) is 51.1 Å². The molecule has 0 heterocycles. The summed E-state index contributed by atoms with van der Waals surface area (Å²) in [4.78, 5) is 0. The highest BCUT2D eigenvalue weighted by molar-refractivity contribution is 5.17. The van der Waals surface area contributed by atoms with Crippen molar-refractivity contribution in [2.45, 2.75) is 65.3 Å². The van der Waals surface area contributed by atoms with Gasteiger partial charge in [-0.25, -0.2) is 0 Å². The molecule has 1 N–H and O–H groups in total. The molecule has 0 spiro atoms. The lowest BCUT2D eigenvalue weighted by molar-refractivity contribution is -0.958. The number of quaternary nitrogens is 1. The molecule has 0 amide bonds. The Hall–Kier alpha value is -0.860. The first-order valence-corrected chi connectivity index (χ1v) is 9.25. The molecule has 0 saturated heterocycles. The highest BCUT2D eigenvalue weighted by Crippen LogP contribution is 2.31. The lowest BCUT2D eigenvalue weighted by Gasteiger charge is -2.45. The molecule has 1 rings (SSSR count). The fourth-order valence-corrected chi connectivity index (χ4v) is 3.49. The molecule has 1 aromatic carbocycles. The summed E-state index contributed by atoms with van der Waals surface area (Å²) in [5, 5.41) is 10.2. The Balaban J connectivity index is 3.10. The molecule has 0 aromatic heterocycles. The predicted molar refractivity (Wildman–Crippen MR) is 95.9 cm³/mol. The van der Waals surface area contributed by atoms with Crippen LogP contribution in [0.4, 0.5) is 0 Å². The van der Waals surface area contributed by atoms with E-state index in [9.17, 15) is 5.11 Å². The Labute approximate surface area is 137 Å². The van der Waals surface area contributed by atoms with Crippen molar-refractivity contribution >= 4 is 0 Å². The van der Waals surface area contributed by atoms with E-state index in [1.54, 1.807) is 0 Å². The molecule has 0 bridgehead atoms. The van der Waals surface area contributed by atoms with E-state index in [1.165, 1.54) is 63.7 Å². The molecule has 0 radical (unpaired) electrons. The third-order valence-corrected chi connectivity index (χ3v) is 4.89. The summed E-state index contributed by atoms with van der Waals surface area (Å²) in [6, 6.07) is 10.9. The van der Waals surface area contributed by atoms with Gasteiger partial charge in [-0.2, -0.15) is 0 Å². The van der Waals surface area contributed by atoms with Crippen molar-refractivity contribution in [1.82, 2.24) is 0 Å². The van der Waals surface area contributed by atoms with Crippen LogP contribution in [0.2, 0.25) is 0 Å². The van der Waals surface area contributed by atoms with Gasteiger partial charge >= 0.3 is 0 Å². The van der Waals surface area contributed by atoms with Crippen LogP contribution >= 0.6 is 0 Å². The van der Waals surface area contributed by atoms with Crippen molar-refractivity contribution in [3.05, 3.63) is 35.9 Å². The normalized spacial score (nSPS) is 13.3. The third kappa shape index (κ3) is 5.40. The zero-order chi connectivity index (χ0) is 16.3. The van der Waals surface area contributed by atoms with Gasteiger partial charge in [-0.1, -0.05) is 70.4 Å². The monoisotopic (exact) mass is 306 g/mol. The van der Waals surface area contributed by atoms with Crippen molar-refractivity contribution in [2.24, 2.45) is 0 Å². The maximum Gasteiger partial charge on any atom is 0.138 e. The number of aliphatic hydroxyl groups is 1. The second-order valence-corrected chi connectivity index (χ2v) is 6.56. The van der Waals surface area contributed by atoms with Crippen molar-refractivity contribution in [3.8, 4) is 0 Å². The average molecular weight is 307 g/mol. The summed E-state index contributed by atoms with van der Waals surface area (Å²) >= 11 is 0. The quantitative estimate of drug-likeness (QED) is 0.542. The van der Waals surface area contributed by atoms with Gasteiger partial charge in [0.2, 0.25) is 0 Å². The lowest BCUT2D eigenvalue weighted by Crippen LogP contribution is -2.53. The summed E-state index contributed by atoms with van der Waals surface area (Å²) in [6.45, 7) is 10.6. The van der Waals surface area contributed by atoms with Crippen LogP contribution in [0.1, 0.15) is 70.9 Å². The van der Waals surface area contributed by atoms with Crippen LogP contribution in [-0.2, 0) is 0 Å². The molecule has 0 aliphatic rings. The number of nitrogens with zero attached hydrogens (tertiary/aromatic N) is 1. The summed E-state index contributed by atoms with van der Waals surface area (Å²) in [5.41, 5.74) is 1.30. The number of aliphatic hydroxyl groups excluding tert-OH is 1. The van der Waals surface area contributed by atoms with Gasteiger partial charge in [0.05, 0.1) is 26.2 Å². The minimum absolute atomic E-state index is 0.228. The van der Waals surface area contributed by atoms with Crippen LogP contribution in [0.15, 0.2) is 30.3 Å². The van der Waals surface area contributed by atoms with Gasteiger partial charge < -0.3 is 9.59 Å². The SMILES string of the molecule is CCCC[N+](CCCC)(CCCC)C(CO)c1ccccc1. The van der Waals surface area contributed by atoms with E-state index in [4.69, 9.17) is 0 Å². The summed E-state index contributed by atoms with van der Waals surface area (Å²) in [6.07, 6.45) is 7.42. The Morgan fingerprint density at radius 1 is 0.818 bits per heavy atom. The molecule has 126 valence electrons. The Morgan fingerprint density at radius 2 is 1.27 bits per heavy atom. The molecular formula is C20H36NO+. The van der Waals surface area contributed by atoms with Gasteiger partial charge in [-0.05, 0) is 19.3 Å². The number of benzene rings is 1. The smallest absolute Gasteiger partial charge is 0.138 e. The molecular weight excluding hydrogens is 270 g/mol. The molecule has 22 heavy (non-hydrogen) atoms. The Kier molecular flexibility index (Phi) is 9.42. The molecule has 0 saturated carbocycles. The van der Waals surface area contributed by atoms with Crippen LogP contribution in [0.25, 0.3) is 0 Å². The van der Waals surface area contributed by atoms with Crippen LogP contribution in [0.3, 0.4) is 0 Å². The van der Waals surface area contributed by atoms with Gasteiger partial charge in [0, 0.05) is 5.56 Å². The van der Waals surface area contributed by atoms with Crippen LogP contribution in [-0.4, -0.2) is 35.8 Å². The van der Waals surface area contributed by atoms with E-state index < -0.39 is 0 Å². The Morgan fingerprint density at radius 3 is 1.64 bits per heavy atom. The van der Waals surface area contributed by atoms with Crippen LogP contribution in [0.5, 0.6) is 0 Å². The first kappa shape index (κ1) is 19.2. The summed E-state index contributed by atoms with van der Waals surface area (Å²) in [7, 11) is 0. The second-order valence-electron chi connectivity index (χ2n) is 6.56.